The van der Waals surface area contributed by atoms with Crippen LogP contribution in [-0.4, -0.2) is 35.7 Å². The quantitative estimate of drug-likeness (QED) is 0.849. The molecular weight excluding hydrogens is 216 g/mol. The van der Waals surface area contributed by atoms with Gasteiger partial charge < -0.3 is 15.2 Å². The highest BCUT2D eigenvalue weighted by Gasteiger charge is 2.56. The topological polar surface area (TPSA) is 68.2 Å². The van der Waals surface area contributed by atoms with Crippen LogP contribution in [0.3, 0.4) is 0 Å². The van der Waals surface area contributed by atoms with E-state index in [0.29, 0.717) is 11.7 Å². The van der Waals surface area contributed by atoms with E-state index in [4.69, 9.17) is 10.3 Å². The van der Waals surface area contributed by atoms with Gasteiger partial charge in [-0.3, -0.25) is 0 Å². The lowest BCUT2D eigenvalue weighted by atomic mass is 10.1. The minimum atomic E-state index is -0.152. The molecule has 0 aromatic carbocycles. The van der Waals surface area contributed by atoms with Crippen LogP contribution in [-0.2, 0) is 0 Å². The lowest BCUT2D eigenvalue weighted by Gasteiger charge is -2.12. The first-order valence-electron chi connectivity index (χ1n) is 6.40. The number of hydrogen-bond acceptors (Lipinski definition) is 5. The number of fused-ring (bicyclic) bond motifs is 1. The van der Waals surface area contributed by atoms with Crippen molar-refractivity contribution in [2.24, 2.45) is 17.6 Å². The van der Waals surface area contributed by atoms with Gasteiger partial charge in [-0.2, -0.15) is 4.98 Å². The first-order valence-corrected chi connectivity index (χ1v) is 6.40. The van der Waals surface area contributed by atoms with E-state index < -0.39 is 0 Å². The number of likely N-dealkylation sites (N-methyl/N-ethyl adjacent to an activating group) is 1. The largest absolute Gasteiger partial charge is 0.339 e. The van der Waals surface area contributed by atoms with E-state index in [1.807, 2.05) is 19.0 Å². The fourth-order valence-corrected chi connectivity index (χ4v) is 3.20. The van der Waals surface area contributed by atoms with Crippen molar-refractivity contribution < 1.29 is 4.52 Å². The summed E-state index contributed by atoms with van der Waals surface area (Å²) in [7, 11) is 3.98. The molecule has 94 valence electrons. The molecule has 2 aliphatic rings. The summed E-state index contributed by atoms with van der Waals surface area (Å²) in [5.41, 5.74) is 6.02. The highest BCUT2D eigenvalue weighted by atomic mass is 16.5. The number of rotatable bonds is 4. The summed E-state index contributed by atoms with van der Waals surface area (Å²) in [6.45, 7) is 0.747. The summed E-state index contributed by atoms with van der Waals surface area (Å²) in [5, 5.41) is 4.02. The Balaban J connectivity index is 1.67. The molecule has 2 N–H and O–H groups in total. The van der Waals surface area contributed by atoms with Gasteiger partial charge in [-0.1, -0.05) is 11.6 Å². The van der Waals surface area contributed by atoms with Crippen LogP contribution in [0.25, 0.3) is 0 Å². The van der Waals surface area contributed by atoms with E-state index in [1.54, 1.807) is 0 Å². The van der Waals surface area contributed by atoms with Crippen LogP contribution in [0.2, 0.25) is 0 Å². The Bertz CT molecular complexity index is 393. The van der Waals surface area contributed by atoms with E-state index in [2.05, 4.69) is 10.1 Å². The summed E-state index contributed by atoms with van der Waals surface area (Å²) in [6, 6.07) is -0.152. The van der Waals surface area contributed by atoms with Gasteiger partial charge in [-0.15, -0.1) is 0 Å². The molecule has 3 atom stereocenters. The third kappa shape index (κ3) is 1.98. The van der Waals surface area contributed by atoms with E-state index in [0.717, 1.165) is 24.3 Å². The van der Waals surface area contributed by atoms with Crippen molar-refractivity contribution in [3.63, 3.8) is 0 Å². The Hall–Kier alpha value is -0.940. The van der Waals surface area contributed by atoms with Gasteiger partial charge in [0.15, 0.2) is 5.82 Å². The molecule has 0 saturated heterocycles. The van der Waals surface area contributed by atoms with Gasteiger partial charge in [0.2, 0.25) is 5.89 Å². The number of aromatic nitrogens is 2. The zero-order valence-corrected chi connectivity index (χ0v) is 10.5. The third-order valence-corrected chi connectivity index (χ3v) is 4.04. The molecule has 3 rings (SSSR count). The number of nitrogens with zero attached hydrogens (tertiary/aromatic N) is 3. The van der Waals surface area contributed by atoms with Gasteiger partial charge in [-0.25, -0.2) is 0 Å². The van der Waals surface area contributed by atoms with Crippen LogP contribution < -0.4 is 5.73 Å². The average molecular weight is 236 g/mol. The van der Waals surface area contributed by atoms with Gasteiger partial charge in [-0.05, 0) is 38.8 Å². The maximum absolute atomic E-state index is 6.02. The second-order valence-corrected chi connectivity index (χ2v) is 5.64. The van der Waals surface area contributed by atoms with E-state index >= 15 is 0 Å². The maximum atomic E-state index is 6.02. The fraction of sp³-hybridized carbons (Fsp3) is 0.833. The normalized spacial score (nSPS) is 32.8. The lowest BCUT2D eigenvalue weighted by Crippen LogP contribution is -2.26. The van der Waals surface area contributed by atoms with Crippen LogP contribution in [0.4, 0.5) is 0 Å². The van der Waals surface area contributed by atoms with E-state index in [1.165, 1.54) is 19.3 Å². The minimum absolute atomic E-state index is 0.152. The van der Waals surface area contributed by atoms with Crippen LogP contribution in [0.1, 0.15) is 42.9 Å². The van der Waals surface area contributed by atoms with Crippen LogP contribution in [0, 0.1) is 11.8 Å². The Kier molecular flexibility index (Phi) is 2.67. The molecule has 3 unspecified atom stereocenters. The molecule has 5 heteroatoms. The van der Waals surface area contributed by atoms with E-state index in [9.17, 15) is 0 Å². The smallest absolute Gasteiger partial charge is 0.230 e. The number of nitrogens with two attached hydrogens (primary N) is 1. The monoisotopic (exact) mass is 236 g/mol. The highest BCUT2D eigenvalue weighted by molar-refractivity contribution is 5.16. The average Bonchev–Trinajstić information content (AvgIpc) is 2.75. The summed E-state index contributed by atoms with van der Waals surface area (Å²) < 4.78 is 5.37. The van der Waals surface area contributed by atoms with Crippen molar-refractivity contribution in [2.75, 3.05) is 20.6 Å². The summed E-state index contributed by atoms with van der Waals surface area (Å²) in [6.07, 6.45) is 4.03. The minimum Gasteiger partial charge on any atom is -0.339 e. The Morgan fingerprint density at radius 3 is 2.76 bits per heavy atom. The van der Waals surface area contributed by atoms with Crippen molar-refractivity contribution in [3.8, 4) is 0 Å². The molecule has 1 heterocycles. The van der Waals surface area contributed by atoms with Crippen molar-refractivity contribution >= 4 is 0 Å². The molecule has 0 aliphatic heterocycles. The van der Waals surface area contributed by atoms with Crippen LogP contribution >= 0.6 is 0 Å². The van der Waals surface area contributed by atoms with Gasteiger partial charge in [0.25, 0.3) is 0 Å². The molecule has 0 spiro atoms. The van der Waals surface area contributed by atoms with Gasteiger partial charge >= 0.3 is 0 Å². The van der Waals surface area contributed by atoms with Crippen molar-refractivity contribution in [1.29, 1.82) is 0 Å². The predicted molar refractivity (Wildman–Crippen MR) is 63.4 cm³/mol. The molecule has 1 aromatic heterocycles. The highest BCUT2D eigenvalue weighted by Crippen LogP contribution is 2.62. The molecule has 2 fully saturated rings. The molecule has 5 nitrogen and oxygen atoms in total. The SMILES string of the molecule is CN(C)CC(N)c1noc(C2C3CCCC32)n1. The van der Waals surface area contributed by atoms with E-state index in [-0.39, 0.29) is 6.04 Å². The second-order valence-electron chi connectivity index (χ2n) is 5.64. The van der Waals surface area contributed by atoms with Crippen molar-refractivity contribution in [3.05, 3.63) is 11.7 Å². The van der Waals surface area contributed by atoms with Crippen molar-refractivity contribution in [1.82, 2.24) is 15.0 Å². The van der Waals surface area contributed by atoms with Crippen LogP contribution in [0.5, 0.6) is 0 Å². The first-order chi connectivity index (χ1) is 8.16. The Morgan fingerprint density at radius 1 is 1.41 bits per heavy atom. The molecule has 2 saturated carbocycles. The maximum Gasteiger partial charge on any atom is 0.230 e. The molecule has 0 radical (unpaired) electrons. The van der Waals surface area contributed by atoms with Crippen LogP contribution in [0.15, 0.2) is 4.52 Å². The lowest BCUT2D eigenvalue weighted by molar-refractivity contribution is 0.342. The summed E-state index contributed by atoms with van der Waals surface area (Å²) in [5.74, 6) is 3.64. The summed E-state index contributed by atoms with van der Waals surface area (Å²) >= 11 is 0. The molecule has 17 heavy (non-hydrogen) atoms. The third-order valence-electron chi connectivity index (χ3n) is 4.04. The first kappa shape index (κ1) is 11.2. The van der Waals surface area contributed by atoms with Crippen molar-refractivity contribution in [2.45, 2.75) is 31.2 Å². The standard InChI is InChI=1S/C12H20N4O/c1-16(2)6-9(13)11-14-12(17-15-11)10-7-4-3-5-8(7)10/h7-10H,3-6,13H2,1-2H3. The fourth-order valence-electron chi connectivity index (χ4n) is 3.20. The number of hydrogen-bond donors (Lipinski definition) is 1. The molecule has 1 aromatic rings. The zero-order valence-electron chi connectivity index (χ0n) is 10.5. The molecule has 2 aliphatic carbocycles. The van der Waals surface area contributed by atoms with Gasteiger partial charge in [0.05, 0.1) is 6.04 Å². The predicted octanol–water partition coefficient (Wildman–Crippen LogP) is 1.14. The molecule has 0 amide bonds. The molecule has 0 bridgehead atoms. The Morgan fingerprint density at radius 2 is 2.12 bits per heavy atom. The van der Waals surface area contributed by atoms with Gasteiger partial charge in [0, 0.05) is 12.5 Å². The zero-order chi connectivity index (χ0) is 12.0. The van der Waals surface area contributed by atoms with Gasteiger partial charge in [0.1, 0.15) is 0 Å². The second kappa shape index (κ2) is 4.07. The molecular formula is C12H20N4O. The summed E-state index contributed by atoms with van der Waals surface area (Å²) in [4.78, 5) is 6.51. The Labute approximate surface area is 101 Å².